The summed E-state index contributed by atoms with van der Waals surface area (Å²) in [7, 11) is 3.53. The molecule has 0 amide bonds. The molecule has 2 atom stereocenters. The molecular formula is C22H18Cl2FN5O. The molecule has 0 N–H and O–H groups in total. The Labute approximate surface area is 187 Å². The maximum atomic E-state index is 13.9. The topological polar surface area (TPSA) is 57.2 Å². The number of nitrogens with zero attached hydrogens (tertiary/aromatic N) is 5. The van der Waals surface area contributed by atoms with Crippen LogP contribution in [0.3, 0.4) is 0 Å². The Hall–Kier alpha value is -2.74. The van der Waals surface area contributed by atoms with E-state index >= 15 is 0 Å². The number of aromatic nitrogens is 4. The van der Waals surface area contributed by atoms with E-state index in [1.807, 2.05) is 34.5 Å². The predicted octanol–water partition coefficient (Wildman–Crippen LogP) is 5.32. The van der Waals surface area contributed by atoms with Crippen LogP contribution >= 0.6 is 23.2 Å². The van der Waals surface area contributed by atoms with Crippen LogP contribution in [0.4, 0.5) is 10.2 Å². The van der Waals surface area contributed by atoms with Crippen LogP contribution in [0.25, 0.3) is 11.0 Å². The van der Waals surface area contributed by atoms with Gasteiger partial charge in [0.2, 0.25) is 0 Å². The van der Waals surface area contributed by atoms with Crippen LogP contribution in [0.1, 0.15) is 23.3 Å². The minimum absolute atomic E-state index is 0.294. The summed E-state index contributed by atoms with van der Waals surface area (Å²) in [6.07, 6.45) is 1.70. The Balaban J connectivity index is 1.79. The molecule has 2 aromatic carbocycles. The number of aliphatic imine (C=N–C) groups is 1. The molecule has 31 heavy (non-hydrogen) atoms. The zero-order valence-electron chi connectivity index (χ0n) is 16.8. The summed E-state index contributed by atoms with van der Waals surface area (Å²) in [5.74, 6) is 0.701. The summed E-state index contributed by atoms with van der Waals surface area (Å²) in [4.78, 5) is 9.58. The molecule has 5 rings (SSSR count). The van der Waals surface area contributed by atoms with Gasteiger partial charge in [0.05, 0.1) is 51.6 Å². The van der Waals surface area contributed by atoms with Crippen molar-refractivity contribution in [2.45, 2.75) is 12.0 Å². The summed E-state index contributed by atoms with van der Waals surface area (Å²) in [5.41, 5.74) is 2.95. The molecule has 6 nitrogen and oxygen atoms in total. The summed E-state index contributed by atoms with van der Waals surface area (Å²) in [5, 5.41) is 5.42. The number of benzene rings is 2. The second kappa shape index (κ2) is 7.75. The van der Waals surface area contributed by atoms with Gasteiger partial charge in [0.25, 0.3) is 0 Å². The highest BCUT2D eigenvalue weighted by atomic mass is 35.5. The molecule has 0 bridgehead atoms. The summed E-state index contributed by atoms with van der Waals surface area (Å²) in [6, 6.07) is 11.6. The van der Waals surface area contributed by atoms with E-state index in [0.29, 0.717) is 33.8 Å². The summed E-state index contributed by atoms with van der Waals surface area (Å²) < 4.78 is 23.1. The van der Waals surface area contributed by atoms with Crippen molar-refractivity contribution in [1.29, 1.82) is 0 Å². The SMILES string of the molecule is COCC1=Nc2ccnn2C(c2cccc(Cl)c2Cl)C1c1nc2cc(F)ccc2n1C. The fourth-order valence-electron chi connectivity index (χ4n) is 4.24. The van der Waals surface area contributed by atoms with E-state index in [-0.39, 0.29) is 17.8 Å². The van der Waals surface area contributed by atoms with Crippen LogP contribution in [0, 0.1) is 5.82 Å². The molecule has 0 saturated heterocycles. The normalized spacial score (nSPS) is 18.3. The Bertz CT molecular complexity index is 1330. The first-order valence-electron chi connectivity index (χ1n) is 9.65. The molecule has 4 aromatic rings. The molecule has 2 unspecified atom stereocenters. The van der Waals surface area contributed by atoms with E-state index in [0.717, 1.165) is 16.8 Å². The molecule has 0 fully saturated rings. The first kappa shape index (κ1) is 20.2. The number of ether oxygens (including phenoxy) is 1. The van der Waals surface area contributed by atoms with E-state index in [2.05, 4.69) is 5.10 Å². The van der Waals surface area contributed by atoms with Gasteiger partial charge < -0.3 is 9.30 Å². The molecular weight excluding hydrogens is 440 g/mol. The monoisotopic (exact) mass is 457 g/mol. The quantitative estimate of drug-likeness (QED) is 0.416. The number of rotatable bonds is 4. The molecule has 0 spiro atoms. The van der Waals surface area contributed by atoms with Crippen LogP contribution in [-0.2, 0) is 11.8 Å². The van der Waals surface area contributed by atoms with Gasteiger partial charge in [0.1, 0.15) is 11.6 Å². The van der Waals surface area contributed by atoms with Gasteiger partial charge in [-0.2, -0.15) is 5.10 Å². The highest BCUT2D eigenvalue weighted by molar-refractivity contribution is 6.42. The van der Waals surface area contributed by atoms with Crippen molar-refractivity contribution in [3.63, 3.8) is 0 Å². The van der Waals surface area contributed by atoms with Gasteiger partial charge in [-0.1, -0.05) is 35.3 Å². The van der Waals surface area contributed by atoms with Crippen molar-refractivity contribution in [1.82, 2.24) is 19.3 Å². The smallest absolute Gasteiger partial charge is 0.151 e. The third kappa shape index (κ3) is 3.24. The number of hydrogen-bond donors (Lipinski definition) is 0. The first-order chi connectivity index (χ1) is 15.0. The number of methoxy groups -OCH3 is 1. The lowest BCUT2D eigenvalue weighted by Crippen LogP contribution is -2.34. The molecule has 3 heterocycles. The van der Waals surface area contributed by atoms with Gasteiger partial charge in [-0.25, -0.2) is 19.0 Å². The predicted molar refractivity (Wildman–Crippen MR) is 119 cm³/mol. The van der Waals surface area contributed by atoms with Gasteiger partial charge in [-0.15, -0.1) is 0 Å². The third-order valence-corrected chi connectivity index (χ3v) is 6.43. The lowest BCUT2D eigenvalue weighted by atomic mass is 9.87. The van der Waals surface area contributed by atoms with Crippen molar-refractivity contribution in [2.75, 3.05) is 13.7 Å². The number of hydrogen-bond acceptors (Lipinski definition) is 4. The summed E-state index contributed by atoms with van der Waals surface area (Å²) >= 11 is 13.0. The standard InChI is InChI=1S/C22H18Cl2FN5O/c1-29-17-7-6-12(25)10-15(17)28-22(29)19-16(11-31-2)27-18-8-9-26-30(18)21(19)13-4-3-5-14(23)20(13)24/h3-10,19,21H,11H2,1-2H3. The Morgan fingerprint density at radius 3 is 2.81 bits per heavy atom. The molecule has 0 radical (unpaired) electrons. The fourth-order valence-corrected chi connectivity index (χ4v) is 4.66. The third-order valence-electron chi connectivity index (χ3n) is 5.59. The molecule has 9 heteroatoms. The summed E-state index contributed by atoms with van der Waals surface area (Å²) in [6.45, 7) is 0.294. The maximum Gasteiger partial charge on any atom is 0.151 e. The van der Waals surface area contributed by atoms with Gasteiger partial charge in [-0.05, 0) is 23.8 Å². The Morgan fingerprint density at radius 1 is 1.16 bits per heavy atom. The van der Waals surface area contributed by atoms with Crippen LogP contribution in [-0.4, -0.2) is 38.8 Å². The van der Waals surface area contributed by atoms with Crippen LogP contribution in [0.2, 0.25) is 10.0 Å². The molecule has 2 aromatic heterocycles. The van der Waals surface area contributed by atoms with Crippen LogP contribution in [0.5, 0.6) is 0 Å². The van der Waals surface area contributed by atoms with Gasteiger partial charge >= 0.3 is 0 Å². The number of imidazole rings is 1. The number of halogens is 3. The highest BCUT2D eigenvalue weighted by Crippen LogP contribution is 2.45. The van der Waals surface area contributed by atoms with Gasteiger partial charge in [-0.3, -0.25) is 0 Å². The maximum absolute atomic E-state index is 13.9. The van der Waals surface area contributed by atoms with Crippen LogP contribution < -0.4 is 0 Å². The van der Waals surface area contributed by atoms with Gasteiger partial charge in [0.15, 0.2) is 5.82 Å². The zero-order chi connectivity index (χ0) is 21.7. The Kier molecular flexibility index (Phi) is 5.04. The van der Waals surface area contributed by atoms with E-state index in [1.165, 1.54) is 12.1 Å². The molecule has 1 aliphatic rings. The Morgan fingerprint density at radius 2 is 2.00 bits per heavy atom. The second-order valence-electron chi connectivity index (χ2n) is 7.40. The fraction of sp³-hybridized carbons (Fsp3) is 0.227. The highest BCUT2D eigenvalue weighted by Gasteiger charge is 2.40. The average Bonchev–Trinajstić information content (AvgIpc) is 3.33. The lowest BCUT2D eigenvalue weighted by molar-refractivity contribution is 0.239. The van der Waals surface area contributed by atoms with Gasteiger partial charge in [0, 0.05) is 26.3 Å². The van der Waals surface area contributed by atoms with E-state index in [4.69, 9.17) is 37.9 Å². The molecule has 158 valence electrons. The largest absolute Gasteiger partial charge is 0.379 e. The molecule has 0 aliphatic carbocycles. The minimum Gasteiger partial charge on any atom is -0.379 e. The van der Waals surface area contributed by atoms with E-state index in [9.17, 15) is 4.39 Å². The average molecular weight is 458 g/mol. The number of fused-ring (bicyclic) bond motifs is 2. The van der Waals surface area contributed by atoms with Crippen LogP contribution in [0.15, 0.2) is 53.7 Å². The zero-order valence-corrected chi connectivity index (χ0v) is 18.3. The first-order valence-corrected chi connectivity index (χ1v) is 10.4. The number of aryl methyl sites for hydroxylation is 1. The van der Waals surface area contributed by atoms with Crippen molar-refractivity contribution >= 4 is 45.8 Å². The van der Waals surface area contributed by atoms with E-state index < -0.39 is 0 Å². The second-order valence-corrected chi connectivity index (χ2v) is 8.18. The van der Waals surface area contributed by atoms with Crippen molar-refractivity contribution in [3.05, 3.63) is 75.9 Å². The van der Waals surface area contributed by atoms with E-state index in [1.54, 1.807) is 25.4 Å². The minimum atomic E-state index is -0.362. The van der Waals surface area contributed by atoms with Crippen molar-refractivity contribution < 1.29 is 9.13 Å². The lowest BCUT2D eigenvalue weighted by Gasteiger charge is -2.33. The van der Waals surface area contributed by atoms with Crippen molar-refractivity contribution in [3.8, 4) is 0 Å². The van der Waals surface area contributed by atoms with Crippen molar-refractivity contribution in [2.24, 2.45) is 12.0 Å². The molecule has 0 saturated carbocycles. The molecule has 1 aliphatic heterocycles.